The van der Waals surface area contributed by atoms with Crippen molar-refractivity contribution in [2.24, 2.45) is 0 Å². The number of anilines is 12. The molecule has 0 fully saturated rings. The van der Waals surface area contributed by atoms with Crippen molar-refractivity contribution in [1.82, 2.24) is 29.9 Å². The second kappa shape index (κ2) is 39.2. The highest BCUT2D eigenvalue weighted by atomic mass is 35.5. The molecule has 0 bridgehead atoms. The Balaban J connectivity index is 0.000000390. The maximum Gasteiger partial charge on any atom is 0.318 e. The number of phenolic OH excluding ortho intramolecular Hbond substituents is 3. The number of nitrogens with one attached hydrogen (secondary N) is 6. The molecule has 9 N–H and O–H groups in total. The lowest BCUT2D eigenvalue weighted by Crippen LogP contribution is -2.11. The Kier molecular flexibility index (Phi) is 31.0. The Bertz CT molecular complexity index is 3560. The Morgan fingerprint density at radius 1 is 0.358 bits per heavy atom. The van der Waals surface area contributed by atoms with E-state index in [9.17, 15) is 48.9 Å². The molecule has 0 amide bonds. The number of halogens is 1. The van der Waals surface area contributed by atoms with Crippen molar-refractivity contribution in [2.75, 3.05) is 60.3 Å². The van der Waals surface area contributed by atoms with Crippen molar-refractivity contribution in [3.8, 4) is 34.5 Å². The largest absolute Gasteiger partial charge is 0.508 e. The molecule has 2 aromatic heterocycles. The molecule has 95 heavy (non-hydrogen) atoms. The van der Waals surface area contributed by atoms with Gasteiger partial charge in [-0.15, -0.1) is 0 Å². The number of methoxy groups -OCH3 is 3. The number of aromatic nitrogens is 6. The van der Waals surface area contributed by atoms with E-state index < -0.39 is 41.1 Å². The minimum Gasteiger partial charge on any atom is -0.508 e. The van der Waals surface area contributed by atoms with Gasteiger partial charge in [0.25, 0.3) is 0 Å². The molecule has 6 aromatic carbocycles. The van der Waals surface area contributed by atoms with Gasteiger partial charge in [0, 0.05) is 40.5 Å². The summed E-state index contributed by atoms with van der Waals surface area (Å²) < 4.78 is 29.2. The van der Waals surface area contributed by atoms with E-state index in [1.165, 1.54) is 28.4 Å². The van der Waals surface area contributed by atoms with Gasteiger partial charge in [0.05, 0.1) is 60.5 Å². The van der Waals surface area contributed by atoms with Crippen LogP contribution in [0.1, 0.15) is 59.8 Å². The molecular formula is C64H69ClN12O18. The van der Waals surface area contributed by atoms with Crippen LogP contribution in [0.2, 0.25) is 0 Å². The van der Waals surface area contributed by atoms with Crippen molar-refractivity contribution >= 4 is 122 Å². The highest BCUT2D eigenvalue weighted by Gasteiger charge is 2.16. The lowest BCUT2D eigenvalue weighted by molar-refractivity contribution is -0.239. The Morgan fingerprint density at radius 3 is 0.811 bits per heavy atom. The molecule has 0 unspecified atom stereocenters. The second-order valence-electron chi connectivity index (χ2n) is 18.5. The van der Waals surface area contributed by atoms with Crippen LogP contribution in [0.15, 0.2) is 158 Å². The van der Waals surface area contributed by atoms with E-state index in [0.717, 1.165) is 0 Å². The summed E-state index contributed by atoms with van der Waals surface area (Å²) >= 11 is 4.93. The Hall–Kier alpha value is -12.2. The van der Waals surface area contributed by atoms with Gasteiger partial charge >= 0.3 is 35.8 Å². The van der Waals surface area contributed by atoms with Gasteiger partial charge in [0.2, 0.25) is 40.9 Å². The van der Waals surface area contributed by atoms with Crippen LogP contribution < -0.4 is 46.1 Å². The molecular weight excluding hydrogens is 1260 g/mol. The van der Waals surface area contributed by atoms with Crippen LogP contribution in [0, 0.1) is 0 Å². The summed E-state index contributed by atoms with van der Waals surface area (Å²) in [5.41, 5.74) is 3.67. The molecule has 0 aliphatic rings. The van der Waals surface area contributed by atoms with E-state index in [1.807, 2.05) is 0 Å². The molecule has 8 aromatic rings. The zero-order valence-electron chi connectivity index (χ0n) is 50.0. The first-order chi connectivity index (χ1) is 44.7. The zero-order valence-corrected chi connectivity index (χ0v) is 50.8. The molecule has 0 aliphatic heterocycles. The third kappa shape index (κ3) is 28.3. The van der Waals surface area contributed by atoms with E-state index in [2.05, 4.69) is 87.5 Å². The summed E-state index contributed by atoms with van der Waals surface area (Å²) in [6, 6.07) is 38.6. The van der Waals surface area contributed by atoms with Crippen LogP contribution in [0.25, 0.3) is 0 Å². The number of hydrogen-bond donors (Lipinski definition) is 9. The summed E-state index contributed by atoms with van der Waals surface area (Å²) in [5.74, 6) is -0.707. The fourth-order valence-electron chi connectivity index (χ4n) is 7.07. The molecule has 0 spiro atoms. The minimum atomic E-state index is -0.601. The number of carbonyl (C=O) groups excluding carboxylic acids is 7. The van der Waals surface area contributed by atoms with E-state index in [4.69, 9.17) is 30.7 Å². The molecule has 0 radical (unpaired) electrons. The number of carbonyl (C=O) groups is 7. The molecule has 500 valence electrons. The summed E-state index contributed by atoms with van der Waals surface area (Å²) in [6.07, 6.45) is -0.565. The third-order valence-corrected chi connectivity index (χ3v) is 11.7. The van der Waals surface area contributed by atoms with Crippen LogP contribution in [0.3, 0.4) is 0 Å². The van der Waals surface area contributed by atoms with Gasteiger partial charge < -0.3 is 80.5 Å². The average Bonchev–Trinajstić information content (AvgIpc) is 0.987. The van der Waals surface area contributed by atoms with E-state index in [1.54, 1.807) is 146 Å². The van der Waals surface area contributed by atoms with Crippen LogP contribution in [0.4, 0.5) is 69.8 Å². The monoisotopic (exact) mass is 1330 g/mol. The van der Waals surface area contributed by atoms with Gasteiger partial charge in [-0.3, -0.25) is 33.6 Å². The number of phenols is 3. The van der Waals surface area contributed by atoms with Gasteiger partial charge in [-0.05, 0) is 157 Å². The second-order valence-corrected chi connectivity index (χ2v) is 19.0. The lowest BCUT2D eigenvalue weighted by atomic mass is 10.3. The maximum absolute atomic E-state index is 12.1. The van der Waals surface area contributed by atoms with Gasteiger partial charge in [-0.25, -0.2) is 0 Å². The lowest BCUT2D eigenvalue weighted by Gasteiger charge is -2.13. The van der Waals surface area contributed by atoms with E-state index >= 15 is 0 Å². The summed E-state index contributed by atoms with van der Waals surface area (Å²) in [6.45, 7) is 3.56. The summed E-state index contributed by atoms with van der Waals surface area (Å²) in [7, 11) is 5.03. The van der Waals surface area contributed by atoms with Crippen molar-refractivity contribution < 1.29 is 87.1 Å². The topological polar surface area (TPSA) is 404 Å². The number of aromatic hydroxyl groups is 3. The zero-order chi connectivity index (χ0) is 67.1. The van der Waals surface area contributed by atoms with Crippen LogP contribution in [-0.4, -0.2) is 115 Å². The standard InChI is InChI=1S/C36H36N6O12.C21H18N6O3.C5H7ClO3.2CH4/c1-22(54-50-4)21-33(47)53-28-15-9-25(10-16-28)39-36-41-34(37-23-5-11-26(12-6-23)51-31(45)19-17-29(43)48-2)40-35(42-36)38-24-7-13-27(14-8-24)52-32(46)20-18-30(44)49-3;28-16-7-1-13(2-8-16)22-19-25-20(23-14-3-9-17(29)10-4-14)27-21(26-19)24-15-5-11-18(30)12-6-15;1-9-5(8)3-2-4(6)7;;/h5-16H,1,17-21H2,2-4H3,(H3,37,38,39,40,41,42);1-12,28-30H,(H3,22,23,24,25,26,27);2-3H2,1H3;2*1H4. The highest BCUT2D eigenvalue weighted by molar-refractivity contribution is 6.63. The first-order valence-corrected chi connectivity index (χ1v) is 27.8. The van der Waals surface area contributed by atoms with Crippen molar-refractivity contribution in [3.05, 3.63) is 158 Å². The van der Waals surface area contributed by atoms with Crippen LogP contribution in [-0.2, 0) is 57.5 Å². The molecule has 31 heteroatoms. The van der Waals surface area contributed by atoms with E-state index in [-0.39, 0.29) is 136 Å². The fraction of sp³-hybridized carbons (Fsp3) is 0.203. The van der Waals surface area contributed by atoms with Crippen LogP contribution in [0.5, 0.6) is 34.5 Å². The van der Waals surface area contributed by atoms with Gasteiger partial charge in [0.1, 0.15) is 46.7 Å². The van der Waals surface area contributed by atoms with Gasteiger partial charge in [0.15, 0.2) is 0 Å². The quantitative estimate of drug-likeness (QED) is 0.00321. The SMILES string of the molecule is C.C.C=C(CC(=O)Oc1ccc(Nc2nc(Nc3ccc(OC(=O)CCC(=O)OC)cc3)nc(Nc3ccc(OC(=O)CCC(=O)OC)cc3)n2)cc1)OOC.COC(=O)CCC(=O)Cl.Oc1ccc(Nc2nc(Nc3ccc(O)cc3)nc(Nc3ccc(O)cc3)n2)cc1. The molecule has 2 heterocycles. The number of hydrogen-bond acceptors (Lipinski definition) is 30. The fourth-order valence-corrected chi connectivity index (χ4v) is 7.17. The molecule has 8 rings (SSSR count). The third-order valence-electron chi connectivity index (χ3n) is 11.5. The highest BCUT2D eigenvalue weighted by Crippen LogP contribution is 2.28. The van der Waals surface area contributed by atoms with Crippen molar-refractivity contribution in [3.63, 3.8) is 0 Å². The Labute approximate surface area is 549 Å². The Morgan fingerprint density at radius 2 is 0.579 bits per heavy atom. The smallest absolute Gasteiger partial charge is 0.318 e. The summed E-state index contributed by atoms with van der Waals surface area (Å²) in [4.78, 5) is 115. The number of benzene rings is 6. The number of ether oxygens (including phenoxy) is 6. The number of nitrogens with zero attached hydrogens (tertiary/aromatic N) is 6. The minimum absolute atomic E-state index is 0. The number of rotatable bonds is 28. The molecule has 0 aliphatic carbocycles. The predicted octanol–water partition coefficient (Wildman–Crippen LogP) is 11.4. The number of esters is 6. The molecule has 0 saturated carbocycles. The van der Waals surface area contributed by atoms with E-state index in [0.29, 0.717) is 34.1 Å². The predicted molar refractivity (Wildman–Crippen MR) is 350 cm³/mol. The first-order valence-electron chi connectivity index (χ1n) is 27.4. The first kappa shape index (κ1) is 75.3. The molecule has 30 nitrogen and oxygen atoms in total. The summed E-state index contributed by atoms with van der Waals surface area (Å²) in [5, 5.41) is 46.3. The van der Waals surface area contributed by atoms with Gasteiger partial charge in [-0.1, -0.05) is 21.4 Å². The van der Waals surface area contributed by atoms with Gasteiger partial charge in [-0.2, -0.15) is 34.8 Å². The molecule has 0 saturated heterocycles. The van der Waals surface area contributed by atoms with Crippen molar-refractivity contribution in [2.45, 2.75) is 59.8 Å². The normalized spacial score (nSPS) is 9.95. The van der Waals surface area contributed by atoms with Crippen LogP contribution >= 0.6 is 11.6 Å². The average molecular weight is 1330 g/mol. The van der Waals surface area contributed by atoms with Crippen molar-refractivity contribution in [1.29, 1.82) is 0 Å². The maximum atomic E-state index is 12.1. The molecule has 0 atom stereocenters.